The third-order valence-electron chi connectivity index (χ3n) is 5.42. The van der Waals surface area contributed by atoms with Gasteiger partial charge in [-0.2, -0.15) is 0 Å². The van der Waals surface area contributed by atoms with Crippen molar-refractivity contribution in [1.29, 1.82) is 0 Å². The van der Waals surface area contributed by atoms with Crippen LogP contribution in [0, 0.1) is 5.92 Å². The Bertz CT molecular complexity index is 529. The van der Waals surface area contributed by atoms with Gasteiger partial charge in [-0.1, -0.05) is 25.1 Å². The summed E-state index contributed by atoms with van der Waals surface area (Å²) in [6.45, 7) is 5.71. The first-order chi connectivity index (χ1) is 11.7. The minimum absolute atomic E-state index is 0.0714. The van der Waals surface area contributed by atoms with Crippen LogP contribution in [0.4, 0.5) is 10.5 Å². The first-order valence-corrected chi connectivity index (χ1v) is 9.05. The zero-order valence-electron chi connectivity index (χ0n) is 14.8. The number of carbonyl (C=O) groups is 1. The van der Waals surface area contributed by atoms with E-state index < -0.39 is 0 Å². The molecule has 2 atom stereocenters. The minimum atomic E-state index is 0.0714. The second-order valence-electron chi connectivity index (χ2n) is 7.03. The van der Waals surface area contributed by atoms with Crippen molar-refractivity contribution in [2.45, 2.75) is 38.3 Å². The summed E-state index contributed by atoms with van der Waals surface area (Å²) >= 11 is 0. The number of likely N-dealkylation sites (tertiary alicyclic amines) is 1. The maximum Gasteiger partial charge on any atom is 0.317 e. The number of ether oxygens (including phenoxy) is 1. The molecule has 2 saturated heterocycles. The molecule has 3 rings (SSSR count). The van der Waals surface area contributed by atoms with Crippen LogP contribution < -0.4 is 10.2 Å². The average Bonchev–Trinajstić information content (AvgIpc) is 2.63. The van der Waals surface area contributed by atoms with Crippen molar-refractivity contribution in [1.82, 2.24) is 10.2 Å². The van der Waals surface area contributed by atoms with Crippen LogP contribution in [0.3, 0.4) is 0 Å². The highest BCUT2D eigenvalue weighted by Gasteiger charge is 2.30. The number of nitrogens with one attached hydrogen (secondary N) is 1. The molecular formula is C19H29N3O2. The molecule has 2 aliphatic heterocycles. The van der Waals surface area contributed by atoms with Gasteiger partial charge in [0.25, 0.3) is 0 Å². The van der Waals surface area contributed by atoms with Gasteiger partial charge in [-0.15, -0.1) is 0 Å². The fourth-order valence-electron chi connectivity index (χ4n) is 3.71. The first-order valence-electron chi connectivity index (χ1n) is 9.05. The van der Waals surface area contributed by atoms with Gasteiger partial charge < -0.3 is 19.9 Å². The number of rotatable bonds is 3. The van der Waals surface area contributed by atoms with Crippen molar-refractivity contribution in [2.75, 3.05) is 38.2 Å². The molecule has 5 heteroatoms. The number of piperidine rings is 2. The van der Waals surface area contributed by atoms with Gasteiger partial charge in [0.2, 0.25) is 0 Å². The summed E-state index contributed by atoms with van der Waals surface area (Å²) in [5.74, 6) is 0.521. The van der Waals surface area contributed by atoms with E-state index in [0.717, 1.165) is 38.9 Å². The van der Waals surface area contributed by atoms with E-state index in [-0.39, 0.29) is 18.2 Å². The molecule has 0 spiro atoms. The molecule has 0 saturated carbocycles. The number of benzene rings is 1. The Hall–Kier alpha value is -1.75. The zero-order chi connectivity index (χ0) is 16.9. The van der Waals surface area contributed by atoms with E-state index in [1.54, 1.807) is 7.11 Å². The number of nitrogens with zero attached hydrogens (tertiary/aromatic N) is 2. The molecule has 1 N–H and O–H groups in total. The summed E-state index contributed by atoms with van der Waals surface area (Å²) in [4.78, 5) is 16.8. The summed E-state index contributed by atoms with van der Waals surface area (Å²) in [5.41, 5.74) is 1.27. The third kappa shape index (κ3) is 4.01. The number of para-hydroxylation sites is 1. The predicted molar refractivity (Wildman–Crippen MR) is 96.4 cm³/mol. The Labute approximate surface area is 145 Å². The van der Waals surface area contributed by atoms with Crippen LogP contribution in [0.5, 0.6) is 0 Å². The quantitative estimate of drug-likeness (QED) is 0.926. The van der Waals surface area contributed by atoms with Crippen LogP contribution in [0.2, 0.25) is 0 Å². The van der Waals surface area contributed by atoms with E-state index in [4.69, 9.17) is 4.74 Å². The highest BCUT2D eigenvalue weighted by Crippen LogP contribution is 2.21. The largest absolute Gasteiger partial charge is 0.379 e. The molecule has 0 aromatic heterocycles. The van der Waals surface area contributed by atoms with Crippen molar-refractivity contribution in [3.8, 4) is 0 Å². The van der Waals surface area contributed by atoms with Crippen LogP contribution in [-0.4, -0.2) is 56.4 Å². The van der Waals surface area contributed by atoms with Crippen LogP contribution in [0.15, 0.2) is 30.3 Å². The van der Waals surface area contributed by atoms with Gasteiger partial charge in [0.15, 0.2) is 0 Å². The van der Waals surface area contributed by atoms with E-state index in [1.807, 2.05) is 11.0 Å². The fraction of sp³-hybridized carbons (Fsp3) is 0.632. The Morgan fingerprint density at radius 3 is 2.50 bits per heavy atom. The molecule has 2 heterocycles. The SMILES string of the molecule is CO[C@H]1CN(C(=O)NC2CCN(c3ccccc3)CC2)CC[C@@H]1C. The molecule has 0 aliphatic carbocycles. The molecular weight excluding hydrogens is 302 g/mol. The lowest BCUT2D eigenvalue weighted by molar-refractivity contribution is 0.00674. The van der Waals surface area contributed by atoms with E-state index in [0.29, 0.717) is 12.5 Å². The molecule has 1 aromatic carbocycles. The molecule has 2 aliphatic rings. The van der Waals surface area contributed by atoms with Crippen molar-refractivity contribution >= 4 is 11.7 Å². The lowest BCUT2D eigenvalue weighted by Crippen LogP contribution is -2.54. The van der Waals surface area contributed by atoms with Gasteiger partial charge in [-0.25, -0.2) is 4.79 Å². The van der Waals surface area contributed by atoms with E-state index in [9.17, 15) is 4.79 Å². The highest BCUT2D eigenvalue weighted by molar-refractivity contribution is 5.74. The number of carbonyl (C=O) groups excluding carboxylic acids is 1. The fourth-order valence-corrected chi connectivity index (χ4v) is 3.71. The third-order valence-corrected chi connectivity index (χ3v) is 5.42. The van der Waals surface area contributed by atoms with Gasteiger partial charge in [-0.3, -0.25) is 0 Å². The van der Waals surface area contributed by atoms with Gasteiger partial charge >= 0.3 is 6.03 Å². The van der Waals surface area contributed by atoms with Crippen molar-refractivity contribution in [2.24, 2.45) is 5.92 Å². The van der Waals surface area contributed by atoms with Crippen LogP contribution in [-0.2, 0) is 4.74 Å². The Morgan fingerprint density at radius 2 is 1.83 bits per heavy atom. The molecule has 2 amide bonds. The molecule has 0 unspecified atom stereocenters. The van der Waals surface area contributed by atoms with Crippen molar-refractivity contribution < 1.29 is 9.53 Å². The minimum Gasteiger partial charge on any atom is -0.379 e. The van der Waals surface area contributed by atoms with Crippen molar-refractivity contribution in [3.05, 3.63) is 30.3 Å². The maximum atomic E-state index is 12.5. The molecule has 0 radical (unpaired) electrons. The standard InChI is InChI=1S/C19H29N3O2/c1-15-8-11-22(14-18(15)24-2)19(23)20-16-9-12-21(13-10-16)17-6-4-3-5-7-17/h3-7,15-16,18H,8-14H2,1-2H3,(H,20,23)/t15-,18-/m0/s1. The number of amides is 2. The second-order valence-corrected chi connectivity index (χ2v) is 7.03. The summed E-state index contributed by atoms with van der Waals surface area (Å²) in [6.07, 6.45) is 3.17. The van der Waals surface area contributed by atoms with E-state index in [2.05, 4.69) is 41.4 Å². The van der Waals surface area contributed by atoms with Gasteiger partial charge in [0.1, 0.15) is 0 Å². The van der Waals surface area contributed by atoms with Gasteiger partial charge in [0.05, 0.1) is 6.10 Å². The Kier molecular flexibility index (Phi) is 5.61. The monoisotopic (exact) mass is 331 g/mol. The zero-order valence-corrected chi connectivity index (χ0v) is 14.8. The van der Waals surface area contributed by atoms with Crippen LogP contribution in [0.1, 0.15) is 26.2 Å². The Morgan fingerprint density at radius 1 is 1.12 bits per heavy atom. The molecule has 2 fully saturated rings. The molecule has 132 valence electrons. The molecule has 1 aromatic rings. The maximum absolute atomic E-state index is 12.5. The highest BCUT2D eigenvalue weighted by atomic mass is 16.5. The molecule has 0 bridgehead atoms. The predicted octanol–water partition coefficient (Wildman–Crippen LogP) is 2.72. The summed E-state index contributed by atoms with van der Waals surface area (Å²) in [6, 6.07) is 10.8. The number of hydrogen-bond donors (Lipinski definition) is 1. The lowest BCUT2D eigenvalue weighted by atomic mass is 9.96. The summed E-state index contributed by atoms with van der Waals surface area (Å²) < 4.78 is 5.51. The Balaban J connectivity index is 1.47. The topological polar surface area (TPSA) is 44.8 Å². The average molecular weight is 331 g/mol. The smallest absolute Gasteiger partial charge is 0.317 e. The first kappa shape index (κ1) is 17.1. The number of anilines is 1. The van der Waals surface area contributed by atoms with Crippen molar-refractivity contribution in [3.63, 3.8) is 0 Å². The number of hydrogen-bond acceptors (Lipinski definition) is 3. The van der Waals surface area contributed by atoms with Gasteiger partial charge in [0, 0.05) is 45.0 Å². The van der Waals surface area contributed by atoms with Crippen LogP contribution >= 0.6 is 0 Å². The van der Waals surface area contributed by atoms with E-state index >= 15 is 0 Å². The van der Waals surface area contributed by atoms with Gasteiger partial charge in [-0.05, 0) is 37.3 Å². The summed E-state index contributed by atoms with van der Waals surface area (Å²) in [7, 11) is 1.74. The summed E-state index contributed by atoms with van der Waals surface area (Å²) in [5, 5.41) is 3.22. The molecule has 24 heavy (non-hydrogen) atoms. The second kappa shape index (κ2) is 7.88. The van der Waals surface area contributed by atoms with E-state index in [1.165, 1.54) is 5.69 Å². The number of methoxy groups -OCH3 is 1. The molecule has 5 nitrogen and oxygen atoms in total. The lowest BCUT2D eigenvalue weighted by Gasteiger charge is -2.38. The van der Waals surface area contributed by atoms with Crippen LogP contribution in [0.25, 0.3) is 0 Å². The normalized spacial score (nSPS) is 25.6. The number of urea groups is 1.